The molecular formula is C46H48N4O6Si. The SMILES string of the molecule is COc1ccc([Si](C)(C)[C@@H]2[C@@H](CC(=O)N(CCO)Cc3ccccc3)O[C@]3(C(=O)N(Cc4ccc(-n5[nH]c6ccccc6c5=O)cc4)c4ccccc43)[C@H]2C)cc1. The number of hydrogen-bond donors (Lipinski definition) is 2. The molecule has 2 aliphatic rings. The van der Waals surface area contributed by atoms with Gasteiger partial charge in [-0.2, -0.15) is 0 Å². The van der Waals surface area contributed by atoms with Crippen molar-refractivity contribution in [3.8, 4) is 11.4 Å². The predicted octanol–water partition coefficient (Wildman–Crippen LogP) is 6.50. The van der Waals surface area contributed by atoms with E-state index in [9.17, 15) is 14.7 Å². The summed E-state index contributed by atoms with van der Waals surface area (Å²) in [4.78, 5) is 46.2. The number of rotatable bonds is 12. The highest BCUT2D eigenvalue weighted by atomic mass is 28.3. The number of ether oxygens (including phenoxy) is 2. The first kappa shape index (κ1) is 38.1. The first-order valence-electron chi connectivity index (χ1n) is 19.5. The van der Waals surface area contributed by atoms with Crippen LogP contribution in [0.2, 0.25) is 18.6 Å². The second-order valence-electron chi connectivity index (χ2n) is 15.8. The van der Waals surface area contributed by atoms with Crippen LogP contribution in [0, 0.1) is 5.92 Å². The van der Waals surface area contributed by atoms with Crippen molar-refractivity contribution >= 4 is 41.7 Å². The van der Waals surface area contributed by atoms with E-state index in [0.29, 0.717) is 24.2 Å². The summed E-state index contributed by atoms with van der Waals surface area (Å²) in [6.07, 6.45) is -0.501. The molecule has 3 heterocycles. The summed E-state index contributed by atoms with van der Waals surface area (Å²) in [5.74, 6) is 0.203. The number of anilines is 1. The number of carbonyl (C=O) groups is 2. The average Bonchev–Trinajstić information content (AvgIpc) is 3.81. The number of nitrogens with one attached hydrogen (secondary N) is 1. The van der Waals surface area contributed by atoms with Crippen LogP contribution < -0.4 is 20.4 Å². The monoisotopic (exact) mass is 780 g/mol. The molecule has 0 saturated carbocycles. The second kappa shape index (κ2) is 15.3. The van der Waals surface area contributed by atoms with Crippen LogP contribution in [-0.4, -0.2) is 66.0 Å². The van der Waals surface area contributed by atoms with Crippen molar-refractivity contribution in [3.05, 3.63) is 154 Å². The van der Waals surface area contributed by atoms with Crippen molar-refractivity contribution < 1.29 is 24.2 Å². The van der Waals surface area contributed by atoms with Gasteiger partial charge in [-0.05, 0) is 59.1 Å². The van der Waals surface area contributed by atoms with E-state index in [1.54, 1.807) is 18.1 Å². The Balaban J connectivity index is 1.14. The Morgan fingerprint density at radius 2 is 1.56 bits per heavy atom. The summed E-state index contributed by atoms with van der Waals surface area (Å²) in [5, 5.41) is 15.0. The fraction of sp³-hybridized carbons (Fsp3) is 0.283. The van der Waals surface area contributed by atoms with E-state index in [2.05, 4.69) is 37.2 Å². The first-order valence-corrected chi connectivity index (χ1v) is 22.6. The highest BCUT2D eigenvalue weighted by Crippen LogP contribution is 2.60. The zero-order valence-electron chi connectivity index (χ0n) is 32.7. The number of fused-ring (bicyclic) bond motifs is 3. The molecule has 1 fully saturated rings. The number of carbonyl (C=O) groups excluding carboxylic acids is 2. The van der Waals surface area contributed by atoms with E-state index in [1.807, 2.05) is 114 Å². The van der Waals surface area contributed by atoms with Gasteiger partial charge in [-0.3, -0.25) is 19.5 Å². The molecule has 4 atom stereocenters. The number of para-hydroxylation sites is 2. The van der Waals surface area contributed by atoms with Gasteiger partial charge in [0.1, 0.15) is 5.75 Å². The molecule has 11 heteroatoms. The van der Waals surface area contributed by atoms with Crippen molar-refractivity contribution in [3.63, 3.8) is 0 Å². The van der Waals surface area contributed by atoms with Gasteiger partial charge in [0.2, 0.25) is 5.91 Å². The average molecular weight is 781 g/mol. The lowest BCUT2D eigenvalue weighted by Gasteiger charge is -2.37. The highest BCUT2D eigenvalue weighted by molar-refractivity contribution is 6.91. The zero-order chi connectivity index (χ0) is 39.9. The lowest BCUT2D eigenvalue weighted by molar-refractivity contribution is -0.150. The van der Waals surface area contributed by atoms with E-state index in [0.717, 1.165) is 33.6 Å². The Bertz CT molecular complexity index is 2460. The second-order valence-corrected chi connectivity index (χ2v) is 20.4. The maximum absolute atomic E-state index is 15.3. The Morgan fingerprint density at radius 3 is 2.26 bits per heavy atom. The van der Waals surface area contributed by atoms with Crippen LogP contribution in [-0.2, 0) is 33.0 Å². The fourth-order valence-electron chi connectivity index (χ4n) is 9.32. The van der Waals surface area contributed by atoms with Crippen LogP contribution in [0.3, 0.4) is 0 Å². The van der Waals surface area contributed by atoms with Gasteiger partial charge in [0.25, 0.3) is 11.5 Å². The van der Waals surface area contributed by atoms with Gasteiger partial charge in [0.05, 0.1) is 63.1 Å². The van der Waals surface area contributed by atoms with Gasteiger partial charge < -0.3 is 24.4 Å². The molecule has 6 aromatic rings. The smallest absolute Gasteiger partial charge is 0.279 e. The number of aliphatic hydroxyl groups is 1. The molecule has 2 amide bonds. The third kappa shape index (κ3) is 6.69. The van der Waals surface area contributed by atoms with Crippen molar-refractivity contribution in [2.24, 2.45) is 5.92 Å². The van der Waals surface area contributed by atoms with Gasteiger partial charge in [0.15, 0.2) is 5.60 Å². The third-order valence-electron chi connectivity index (χ3n) is 12.2. The number of aromatic amines is 1. The van der Waals surface area contributed by atoms with Gasteiger partial charge >= 0.3 is 0 Å². The lowest BCUT2D eigenvalue weighted by Crippen LogP contribution is -2.52. The van der Waals surface area contributed by atoms with E-state index in [1.165, 1.54) is 9.87 Å². The Labute approximate surface area is 333 Å². The molecule has 10 nitrogen and oxygen atoms in total. The summed E-state index contributed by atoms with van der Waals surface area (Å²) >= 11 is 0. The molecule has 1 aromatic heterocycles. The maximum atomic E-state index is 15.3. The molecule has 5 aromatic carbocycles. The van der Waals surface area contributed by atoms with Gasteiger partial charge in [-0.15, -0.1) is 0 Å². The molecule has 1 spiro atoms. The maximum Gasteiger partial charge on any atom is 0.279 e. The number of methoxy groups -OCH3 is 1. The van der Waals surface area contributed by atoms with Crippen LogP contribution in [0.5, 0.6) is 5.75 Å². The van der Waals surface area contributed by atoms with Gasteiger partial charge in [-0.25, -0.2) is 4.68 Å². The molecule has 0 radical (unpaired) electrons. The summed E-state index contributed by atoms with van der Waals surface area (Å²) in [7, 11) is -0.851. The molecule has 0 bridgehead atoms. The highest BCUT2D eigenvalue weighted by Gasteiger charge is 2.66. The standard InChI is InChI=1S/C46H48N4O6Si/c1-31-43(57(3,4)36-24-22-35(55-2)23-25-36)41(28-42(52)48(26-27-51)29-32-12-6-5-7-13-32)56-46(31)38-15-9-11-17-40(38)49(45(46)54)30-33-18-20-34(21-19-33)50-44(53)37-14-8-10-16-39(37)47-50/h5-25,31,41,43,47,51H,26-30H2,1-4H3/t31-,41+,43-,46+/m0/s1. The molecule has 0 aliphatic carbocycles. The quantitative estimate of drug-likeness (QED) is 0.137. The van der Waals surface area contributed by atoms with Crippen LogP contribution in [0.1, 0.15) is 30.0 Å². The summed E-state index contributed by atoms with van der Waals surface area (Å²) in [5.41, 5.74) is 3.33. The minimum absolute atomic E-state index is 0.0697. The Kier molecular flexibility index (Phi) is 10.2. The van der Waals surface area contributed by atoms with Crippen molar-refractivity contribution in [1.29, 1.82) is 0 Å². The van der Waals surface area contributed by atoms with E-state index >= 15 is 4.79 Å². The van der Waals surface area contributed by atoms with E-state index in [-0.39, 0.29) is 48.4 Å². The minimum Gasteiger partial charge on any atom is -0.497 e. The predicted molar refractivity (Wildman–Crippen MR) is 225 cm³/mol. The van der Waals surface area contributed by atoms with Crippen LogP contribution >= 0.6 is 0 Å². The number of aromatic nitrogens is 2. The molecule has 1 saturated heterocycles. The lowest BCUT2D eigenvalue weighted by atomic mass is 9.82. The summed E-state index contributed by atoms with van der Waals surface area (Å²) < 4.78 is 14.3. The number of aliphatic hydroxyl groups excluding tert-OH is 1. The van der Waals surface area contributed by atoms with E-state index in [4.69, 9.17) is 9.47 Å². The molecule has 292 valence electrons. The Hall–Kier alpha value is -5.75. The van der Waals surface area contributed by atoms with Crippen molar-refractivity contribution in [2.75, 3.05) is 25.2 Å². The van der Waals surface area contributed by atoms with Gasteiger partial charge in [-0.1, -0.05) is 110 Å². The summed E-state index contributed by atoms with van der Waals surface area (Å²) in [6, 6.07) is 40.9. The number of amides is 2. The molecule has 2 N–H and O–H groups in total. The molecule has 57 heavy (non-hydrogen) atoms. The van der Waals surface area contributed by atoms with Gasteiger partial charge in [0, 0.05) is 24.6 Å². The molecule has 2 aliphatic heterocycles. The van der Waals surface area contributed by atoms with Crippen LogP contribution in [0.15, 0.2) is 132 Å². The molecular weight excluding hydrogens is 733 g/mol. The largest absolute Gasteiger partial charge is 0.497 e. The third-order valence-corrected chi connectivity index (χ3v) is 16.5. The summed E-state index contributed by atoms with van der Waals surface area (Å²) in [6.45, 7) is 7.40. The molecule has 0 unspecified atom stereocenters. The zero-order valence-corrected chi connectivity index (χ0v) is 33.7. The van der Waals surface area contributed by atoms with Crippen LogP contribution in [0.4, 0.5) is 5.69 Å². The Morgan fingerprint density at radius 1 is 0.877 bits per heavy atom. The first-order chi connectivity index (χ1) is 27.6. The number of nitrogens with zero attached hydrogens (tertiary/aromatic N) is 3. The minimum atomic E-state index is -2.50. The number of H-pyrrole nitrogens is 1. The number of benzene rings is 5. The van der Waals surface area contributed by atoms with Crippen LogP contribution in [0.25, 0.3) is 16.6 Å². The molecule has 8 rings (SSSR count). The van der Waals surface area contributed by atoms with Crippen molar-refractivity contribution in [2.45, 2.75) is 56.8 Å². The fourth-order valence-corrected chi connectivity index (χ4v) is 13.3. The van der Waals surface area contributed by atoms with E-state index < -0.39 is 19.8 Å². The normalized spacial score (nSPS) is 20.3. The topological polar surface area (TPSA) is 117 Å². The van der Waals surface area contributed by atoms with Crippen molar-refractivity contribution in [1.82, 2.24) is 14.7 Å². The number of hydrogen-bond acceptors (Lipinski definition) is 6.